The summed E-state index contributed by atoms with van der Waals surface area (Å²) in [5.74, 6) is 0.423. The first-order valence-corrected chi connectivity index (χ1v) is 8.37. The molecule has 4 nitrogen and oxygen atoms in total. The molecule has 0 atom stereocenters. The highest BCUT2D eigenvalue weighted by molar-refractivity contribution is 6.31. The third-order valence-electron chi connectivity index (χ3n) is 4.21. The summed E-state index contributed by atoms with van der Waals surface area (Å²) in [5.41, 5.74) is 2.40. The summed E-state index contributed by atoms with van der Waals surface area (Å²) in [5, 5.41) is 4.24. The zero-order valence-corrected chi connectivity index (χ0v) is 14.2. The standard InChI is InChI=1S/C19H9Cl2N3O/c20-18-22-17(23-19(21)24-18)13-6-3-7-14-15(13)12-9-8-10-4-1-2-5-11(10)16(12)25-14/h1-9H. The van der Waals surface area contributed by atoms with E-state index in [9.17, 15) is 0 Å². The molecule has 0 unspecified atom stereocenters. The van der Waals surface area contributed by atoms with E-state index in [1.807, 2.05) is 30.3 Å². The van der Waals surface area contributed by atoms with E-state index in [0.29, 0.717) is 5.82 Å². The Morgan fingerprint density at radius 2 is 1.52 bits per heavy atom. The van der Waals surface area contributed by atoms with Crippen LogP contribution in [0.4, 0.5) is 0 Å². The van der Waals surface area contributed by atoms with Crippen LogP contribution in [0.5, 0.6) is 0 Å². The molecular formula is C19H9Cl2N3O. The third-order valence-corrected chi connectivity index (χ3v) is 4.55. The summed E-state index contributed by atoms with van der Waals surface area (Å²) in [6.07, 6.45) is 0. The van der Waals surface area contributed by atoms with Crippen molar-refractivity contribution in [2.45, 2.75) is 0 Å². The largest absolute Gasteiger partial charge is 0.455 e. The van der Waals surface area contributed by atoms with Crippen molar-refractivity contribution < 1.29 is 4.42 Å². The number of fused-ring (bicyclic) bond motifs is 5. The maximum absolute atomic E-state index is 6.15. The van der Waals surface area contributed by atoms with Crippen LogP contribution < -0.4 is 0 Å². The number of aromatic nitrogens is 3. The van der Waals surface area contributed by atoms with Crippen LogP contribution in [0.3, 0.4) is 0 Å². The summed E-state index contributed by atoms with van der Waals surface area (Å²) in [4.78, 5) is 12.3. The van der Waals surface area contributed by atoms with Crippen molar-refractivity contribution in [3.05, 3.63) is 65.2 Å². The van der Waals surface area contributed by atoms with E-state index in [0.717, 1.165) is 38.3 Å². The highest BCUT2D eigenvalue weighted by atomic mass is 35.5. The van der Waals surface area contributed by atoms with Gasteiger partial charge in [0.2, 0.25) is 10.6 Å². The van der Waals surface area contributed by atoms with E-state index in [2.05, 4.69) is 39.2 Å². The molecule has 0 spiro atoms. The second kappa shape index (κ2) is 5.41. The predicted molar refractivity (Wildman–Crippen MR) is 100 cm³/mol. The molecule has 25 heavy (non-hydrogen) atoms. The molecule has 0 saturated carbocycles. The molecule has 2 heterocycles. The van der Waals surface area contributed by atoms with Gasteiger partial charge in [-0.1, -0.05) is 42.5 Å². The first-order valence-electron chi connectivity index (χ1n) is 7.61. The van der Waals surface area contributed by atoms with Crippen LogP contribution in [0.2, 0.25) is 10.6 Å². The molecule has 0 N–H and O–H groups in total. The average Bonchev–Trinajstić information content (AvgIpc) is 3.00. The van der Waals surface area contributed by atoms with E-state index in [1.54, 1.807) is 0 Å². The molecule has 120 valence electrons. The molecule has 3 aromatic carbocycles. The lowest BCUT2D eigenvalue weighted by Crippen LogP contribution is -1.94. The lowest BCUT2D eigenvalue weighted by molar-refractivity contribution is 0.672. The maximum atomic E-state index is 6.15. The van der Waals surface area contributed by atoms with E-state index in [4.69, 9.17) is 27.6 Å². The Hall–Kier alpha value is -2.69. The summed E-state index contributed by atoms with van der Waals surface area (Å²) in [6.45, 7) is 0. The van der Waals surface area contributed by atoms with Crippen molar-refractivity contribution in [1.82, 2.24) is 15.0 Å². The number of rotatable bonds is 1. The minimum Gasteiger partial charge on any atom is -0.455 e. The Balaban J connectivity index is 1.93. The summed E-state index contributed by atoms with van der Waals surface area (Å²) in [7, 11) is 0. The van der Waals surface area contributed by atoms with Gasteiger partial charge in [-0.25, -0.2) is 0 Å². The number of hydrogen-bond acceptors (Lipinski definition) is 4. The lowest BCUT2D eigenvalue weighted by Gasteiger charge is -2.03. The van der Waals surface area contributed by atoms with Gasteiger partial charge < -0.3 is 4.42 Å². The van der Waals surface area contributed by atoms with Gasteiger partial charge in [0.15, 0.2) is 5.82 Å². The Bertz CT molecular complexity index is 1260. The fourth-order valence-electron chi connectivity index (χ4n) is 3.19. The maximum Gasteiger partial charge on any atom is 0.227 e. The zero-order valence-electron chi connectivity index (χ0n) is 12.7. The van der Waals surface area contributed by atoms with Crippen molar-refractivity contribution in [2.75, 3.05) is 0 Å². The second-order valence-corrected chi connectivity index (χ2v) is 6.32. The van der Waals surface area contributed by atoms with Crippen molar-refractivity contribution in [2.24, 2.45) is 0 Å². The minimum absolute atomic E-state index is 0.0604. The molecule has 0 aliphatic heterocycles. The highest BCUT2D eigenvalue weighted by Crippen LogP contribution is 2.38. The molecule has 6 heteroatoms. The third kappa shape index (κ3) is 2.26. The molecule has 5 aromatic rings. The van der Waals surface area contributed by atoms with E-state index in [1.165, 1.54) is 0 Å². The van der Waals surface area contributed by atoms with Crippen LogP contribution >= 0.6 is 23.2 Å². The quantitative estimate of drug-likeness (QED) is 0.371. The van der Waals surface area contributed by atoms with Crippen LogP contribution in [0, 0.1) is 0 Å². The van der Waals surface area contributed by atoms with Gasteiger partial charge in [-0.15, -0.1) is 0 Å². The predicted octanol–water partition coefficient (Wildman–Crippen LogP) is 5.90. The van der Waals surface area contributed by atoms with Gasteiger partial charge in [0, 0.05) is 21.7 Å². The van der Waals surface area contributed by atoms with Crippen LogP contribution in [-0.2, 0) is 0 Å². The van der Waals surface area contributed by atoms with Crippen LogP contribution in [0.25, 0.3) is 44.1 Å². The molecular weight excluding hydrogens is 357 g/mol. The number of nitrogens with zero attached hydrogens (tertiary/aromatic N) is 3. The first kappa shape index (κ1) is 14.6. The van der Waals surface area contributed by atoms with Crippen LogP contribution in [0.1, 0.15) is 0 Å². The molecule has 0 saturated heterocycles. The molecule has 0 amide bonds. The van der Waals surface area contributed by atoms with Crippen molar-refractivity contribution in [3.8, 4) is 11.4 Å². The Labute approximate surface area is 152 Å². The average molecular weight is 366 g/mol. The monoisotopic (exact) mass is 365 g/mol. The van der Waals surface area contributed by atoms with Crippen molar-refractivity contribution in [3.63, 3.8) is 0 Å². The number of halogens is 2. The normalized spacial score (nSPS) is 11.6. The Kier molecular flexibility index (Phi) is 3.17. The van der Waals surface area contributed by atoms with Gasteiger partial charge in [-0.2, -0.15) is 15.0 Å². The zero-order chi connectivity index (χ0) is 17.0. The van der Waals surface area contributed by atoms with Crippen molar-refractivity contribution in [1.29, 1.82) is 0 Å². The Morgan fingerprint density at radius 3 is 2.36 bits per heavy atom. The smallest absolute Gasteiger partial charge is 0.227 e. The number of hydrogen-bond donors (Lipinski definition) is 0. The Morgan fingerprint density at radius 1 is 0.720 bits per heavy atom. The van der Waals surface area contributed by atoms with Gasteiger partial charge >= 0.3 is 0 Å². The van der Waals surface area contributed by atoms with E-state index < -0.39 is 0 Å². The fraction of sp³-hybridized carbons (Fsp3) is 0. The van der Waals surface area contributed by atoms with Gasteiger partial charge in [0.25, 0.3) is 0 Å². The van der Waals surface area contributed by atoms with Crippen molar-refractivity contribution >= 4 is 55.9 Å². The molecule has 0 fully saturated rings. The highest BCUT2D eigenvalue weighted by Gasteiger charge is 2.16. The van der Waals surface area contributed by atoms with Gasteiger partial charge in [0.1, 0.15) is 11.2 Å². The minimum atomic E-state index is 0.0604. The molecule has 0 aliphatic rings. The fourth-order valence-corrected chi connectivity index (χ4v) is 3.55. The lowest BCUT2D eigenvalue weighted by atomic mass is 10.0. The summed E-state index contributed by atoms with van der Waals surface area (Å²) < 4.78 is 6.15. The molecule has 5 rings (SSSR count). The number of furan rings is 1. The van der Waals surface area contributed by atoms with Gasteiger partial charge in [-0.3, -0.25) is 0 Å². The van der Waals surface area contributed by atoms with Crippen LogP contribution in [-0.4, -0.2) is 15.0 Å². The molecule has 2 aromatic heterocycles. The molecule has 0 radical (unpaired) electrons. The summed E-state index contributed by atoms with van der Waals surface area (Å²) >= 11 is 11.9. The van der Waals surface area contributed by atoms with Crippen LogP contribution in [0.15, 0.2) is 59.0 Å². The molecule has 0 bridgehead atoms. The SMILES string of the molecule is Clc1nc(Cl)nc(-c2cccc3oc4c5ccccc5ccc4c23)n1. The summed E-state index contributed by atoms with van der Waals surface area (Å²) in [6, 6.07) is 18.0. The van der Waals surface area contributed by atoms with E-state index >= 15 is 0 Å². The number of benzene rings is 3. The second-order valence-electron chi connectivity index (χ2n) is 5.64. The first-order chi connectivity index (χ1) is 12.2. The topological polar surface area (TPSA) is 51.8 Å². The van der Waals surface area contributed by atoms with Gasteiger partial charge in [0.05, 0.1) is 0 Å². The van der Waals surface area contributed by atoms with E-state index in [-0.39, 0.29) is 10.6 Å². The van der Waals surface area contributed by atoms with Gasteiger partial charge in [-0.05, 0) is 40.7 Å². The molecule has 0 aliphatic carbocycles.